The van der Waals surface area contributed by atoms with E-state index in [1.165, 1.54) is 0 Å². The van der Waals surface area contributed by atoms with Gasteiger partial charge in [0.25, 0.3) is 0 Å². The summed E-state index contributed by atoms with van der Waals surface area (Å²) in [7, 11) is 1.85. The van der Waals surface area contributed by atoms with E-state index in [9.17, 15) is 4.79 Å². The Morgan fingerprint density at radius 2 is 2.56 bits per heavy atom. The molecule has 7 heteroatoms. The Morgan fingerprint density at radius 3 is 3.17 bits per heavy atom. The Kier molecular flexibility index (Phi) is 4.14. The van der Waals surface area contributed by atoms with Crippen LogP contribution in [-0.2, 0) is 11.8 Å². The van der Waals surface area contributed by atoms with E-state index >= 15 is 0 Å². The van der Waals surface area contributed by atoms with Crippen molar-refractivity contribution in [2.45, 2.75) is 19.4 Å². The summed E-state index contributed by atoms with van der Waals surface area (Å²) in [5, 5.41) is 13.4. The summed E-state index contributed by atoms with van der Waals surface area (Å²) in [5.74, 6) is 1.16. The highest BCUT2D eigenvalue weighted by Crippen LogP contribution is 2.11. The standard InChI is InChI=1S/C11H19N5O2/c1-8(10-15-13-7-16(10)2)14-11(17)12-5-9-3-4-18-6-9/h7-9H,3-6H2,1-2H3,(H2,12,14,17)/t8-,9-/m1/s1. The molecule has 0 radical (unpaired) electrons. The highest BCUT2D eigenvalue weighted by Gasteiger charge is 2.18. The zero-order valence-electron chi connectivity index (χ0n) is 10.7. The van der Waals surface area contributed by atoms with Gasteiger partial charge < -0.3 is 19.9 Å². The second-order valence-electron chi connectivity index (χ2n) is 4.61. The van der Waals surface area contributed by atoms with Gasteiger partial charge in [-0.2, -0.15) is 0 Å². The first-order chi connectivity index (χ1) is 8.66. The van der Waals surface area contributed by atoms with Crippen molar-refractivity contribution < 1.29 is 9.53 Å². The van der Waals surface area contributed by atoms with Gasteiger partial charge in [0.1, 0.15) is 6.33 Å². The van der Waals surface area contributed by atoms with Crippen LogP contribution in [0.3, 0.4) is 0 Å². The normalized spacial score (nSPS) is 20.7. The number of nitrogens with one attached hydrogen (secondary N) is 2. The number of amides is 2. The molecule has 1 aromatic rings. The van der Waals surface area contributed by atoms with Gasteiger partial charge in [0.15, 0.2) is 5.82 Å². The summed E-state index contributed by atoms with van der Waals surface area (Å²) in [4.78, 5) is 11.7. The Hall–Kier alpha value is -1.63. The average Bonchev–Trinajstić information content (AvgIpc) is 2.97. The van der Waals surface area contributed by atoms with E-state index in [2.05, 4.69) is 20.8 Å². The van der Waals surface area contributed by atoms with Crippen molar-refractivity contribution in [3.63, 3.8) is 0 Å². The number of hydrogen-bond acceptors (Lipinski definition) is 4. The molecule has 0 spiro atoms. The Morgan fingerprint density at radius 1 is 1.72 bits per heavy atom. The van der Waals surface area contributed by atoms with Gasteiger partial charge in [0.2, 0.25) is 0 Å². The van der Waals surface area contributed by atoms with Gasteiger partial charge >= 0.3 is 6.03 Å². The highest BCUT2D eigenvalue weighted by atomic mass is 16.5. The van der Waals surface area contributed by atoms with E-state index in [1.54, 1.807) is 10.9 Å². The lowest BCUT2D eigenvalue weighted by Gasteiger charge is -2.15. The van der Waals surface area contributed by atoms with Crippen LogP contribution in [0.4, 0.5) is 4.79 Å². The van der Waals surface area contributed by atoms with E-state index in [-0.39, 0.29) is 12.1 Å². The van der Waals surface area contributed by atoms with Crippen molar-refractivity contribution in [1.82, 2.24) is 25.4 Å². The molecular weight excluding hydrogens is 234 g/mol. The second kappa shape index (κ2) is 5.81. The van der Waals surface area contributed by atoms with Crippen LogP contribution < -0.4 is 10.6 Å². The van der Waals surface area contributed by atoms with Crippen LogP contribution in [0.2, 0.25) is 0 Å². The zero-order valence-corrected chi connectivity index (χ0v) is 10.7. The average molecular weight is 253 g/mol. The monoisotopic (exact) mass is 253 g/mol. The molecule has 100 valence electrons. The Bertz CT molecular complexity index is 400. The van der Waals surface area contributed by atoms with Crippen LogP contribution in [0.5, 0.6) is 0 Å². The molecule has 1 saturated heterocycles. The molecule has 2 N–H and O–H groups in total. The van der Waals surface area contributed by atoms with E-state index in [4.69, 9.17) is 4.74 Å². The number of carbonyl (C=O) groups excluding carboxylic acids is 1. The maximum absolute atomic E-state index is 11.7. The number of rotatable bonds is 4. The number of hydrogen-bond donors (Lipinski definition) is 2. The fourth-order valence-electron chi connectivity index (χ4n) is 1.98. The van der Waals surface area contributed by atoms with Crippen molar-refractivity contribution >= 4 is 6.03 Å². The topological polar surface area (TPSA) is 81.1 Å². The molecule has 0 saturated carbocycles. The van der Waals surface area contributed by atoms with Gasteiger partial charge in [0.05, 0.1) is 12.6 Å². The first-order valence-electron chi connectivity index (χ1n) is 6.13. The minimum absolute atomic E-state index is 0.169. The van der Waals surface area contributed by atoms with Crippen molar-refractivity contribution in [2.75, 3.05) is 19.8 Å². The van der Waals surface area contributed by atoms with Crippen LogP contribution in [0.1, 0.15) is 25.2 Å². The molecule has 1 fully saturated rings. The van der Waals surface area contributed by atoms with Crippen molar-refractivity contribution in [2.24, 2.45) is 13.0 Å². The first-order valence-corrected chi connectivity index (χ1v) is 6.13. The van der Waals surface area contributed by atoms with Gasteiger partial charge in [-0.3, -0.25) is 0 Å². The van der Waals surface area contributed by atoms with Crippen LogP contribution in [0.25, 0.3) is 0 Å². The minimum atomic E-state index is -0.183. The number of carbonyl (C=O) groups is 1. The summed E-state index contributed by atoms with van der Waals surface area (Å²) >= 11 is 0. The molecule has 18 heavy (non-hydrogen) atoms. The lowest BCUT2D eigenvalue weighted by Crippen LogP contribution is -2.40. The van der Waals surface area contributed by atoms with Gasteiger partial charge in [-0.15, -0.1) is 10.2 Å². The Balaban J connectivity index is 1.75. The van der Waals surface area contributed by atoms with Gasteiger partial charge in [-0.05, 0) is 13.3 Å². The largest absolute Gasteiger partial charge is 0.381 e. The summed E-state index contributed by atoms with van der Waals surface area (Å²) in [6, 6.07) is -0.352. The van der Waals surface area contributed by atoms with Crippen LogP contribution in [0.15, 0.2) is 6.33 Å². The van der Waals surface area contributed by atoms with Gasteiger partial charge in [-0.25, -0.2) is 4.79 Å². The quantitative estimate of drug-likeness (QED) is 0.804. The van der Waals surface area contributed by atoms with Crippen LogP contribution in [0, 0.1) is 5.92 Å². The second-order valence-corrected chi connectivity index (χ2v) is 4.61. The first kappa shape index (κ1) is 12.8. The predicted molar refractivity (Wildman–Crippen MR) is 64.9 cm³/mol. The summed E-state index contributed by atoms with van der Waals surface area (Å²) in [6.07, 6.45) is 2.63. The van der Waals surface area contributed by atoms with E-state index < -0.39 is 0 Å². The maximum Gasteiger partial charge on any atom is 0.315 e. The lowest BCUT2D eigenvalue weighted by molar-refractivity contribution is 0.185. The third kappa shape index (κ3) is 3.19. The summed E-state index contributed by atoms with van der Waals surface area (Å²) in [5.41, 5.74) is 0. The molecule has 0 unspecified atom stereocenters. The molecule has 2 amide bonds. The molecule has 1 aliphatic heterocycles. The van der Waals surface area contributed by atoms with Crippen LogP contribution in [-0.4, -0.2) is 40.6 Å². The maximum atomic E-state index is 11.7. The highest BCUT2D eigenvalue weighted by molar-refractivity contribution is 5.74. The number of aryl methyl sites for hydroxylation is 1. The number of aromatic nitrogens is 3. The lowest BCUT2D eigenvalue weighted by atomic mass is 10.1. The van der Waals surface area contributed by atoms with Crippen molar-refractivity contribution in [3.8, 4) is 0 Å². The van der Waals surface area contributed by atoms with E-state index in [0.29, 0.717) is 12.5 Å². The SMILES string of the molecule is C[C@@H](NC(=O)NC[C@H]1CCOC1)c1nncn1C. The third-order valence-corrected chi connectivity index (χ3v) is 3.06. The molecule has 7 nitrogen and oxygen atoms in total. The number of ether oxygens (including phenoxy) is 1. The van der Waals surface area contributed by atoms with E-state index in [1.807, 2.05) is 14.0 Å². The fourth-order valence-corrected chi connectivity index (χ4v) is 1.98. The molecule has 1 aromatic heterocycles. The molecular formula is C11H19N5O2. The molecule has 0 aromatic carbocycles. The smallest absolute Gasteiger partial charge is 0.315 e. The molecule has 2 rings (SSSR count). The Labute approximate surface area is 106 Å². The number of urea groups is 1. The van der Waals surface area contributed by atoms with Crippen molar-refractivity contribution in [1.29, 1.82) is 0 Å². The molecule has 0 aliphatic carbocycles. The molecule has 2 heterocycles. The molecule has 2 atom stereocenters. The molecule has 0 bridgehead atoms. The van der Waals surface area contributed by atoms with Gasteiger partial charge in [-0.1, -0.05) is 0 Å². The van der Waals surface area contributed by atoms with E-state index in [0.717, 1.165) is 25.5 Å². The van der Waals surface area contributed by atoms with Crippen molar-refractivity contribution in [3.05, 3.63) is 12.2 Å². The summed E-state index contributed by atoms with van der Waals surface area (Å²) < 4.78 is 7.04. The summed E-state index contributed by atoms with van der Waals surface area (Å²) in [6.45, 7) is 4.06. The number of nitrogens with zero attached hydrogens (tertiary/aromatic N) is 3. The molecule has 1 aliphatic rings. The predicted octanol–water partition coefficient (Wildman–Crippen LogP) is 0.212. The van der Waals surface area contributed by atoms with Gasteiger partial charge in [0, 0.05) is 26.1 Å². The fraction of sp³-hybridized carbons (Fsp3) is 0.727. The zero-order chi connectivity index (χ0) is 13.0. The van der Waals surface area contributed by atoms with Crippen LogP contribution >= 0.6 is 0 Å². The third-order valence-electron chi connectivity index (χ3n) is 3.06. The minimum Gasteiger partial charge on any atom is -0.381 e.